The number of ether oxygens (including phenoxy) is 1. The summed E-state index contributed by atoms with van der Waals surface area (Å²) in [5.74, 6) is -1.79. The Bertz CT molecular complexity index is 679. The van der Waals surface area contributed by atoms with Gasteiger partial charge in [0, 0.05) is 11.4 Å². The third-order valence-electron chi connectivity index (χ3n) is 3.12. The molecule has 0 spiro atoms. The summed E-state index contributed by atoms with van der Waals surface area (Å²) in [6.07, 6.45) is 0.147. The van der Waals surface area contributed by atoms with Gasteiger partial charge in [0.15, 0.2) is 0 Å². The van der Waals surface area contributed by atoms with Crippen LogP contribution in [0.25, 0.3) is 0 Å². The molecule has 5 heteroatoms. The average molecular weight is 319 g/mol. The highest BCUT2D eigenvalue weighted by Crippen LogP contribution is 2.15. The molecule has 0 saturated carbocycles. The molecule has 1 N–H and O–H groups in total. The second-order valence-electron chi connectivity index (χ2n) is 4.90. The minimum atomic E-state index is -1.15. The maximum absolute atomic E-state index is 12.1. The van der Waals surface area contributed by atoms with E-state index in [0.29, 0.717) is 11.4 Å². The Hall–Kier alpha value is -2.33. The van der Waals surface area contributed by atoms with E-state index in [0.717, 1.165) is 5.56 Å². The van der Waals surface area contributed by atoms with Crippen LogP contribution in [0.2, 0.25) is 5.02 Å². The van der Waals surface area contributed by atoms with E-state index in [2.05, 4.69) is 0 Å². The molecule has 0 amide bonds. The van der Waals surface area contributed by atoms with Crippen LogP contribution < -0.4 is 0 Å². The Labute approximate surface area is 133 Å². The first-order valence-corrected chi connectivity index (χ1v) is 7.13. The maximum Gasteiger partial charge on any atom is 0.339 e. The van der Waals surface area contributed by atoms with E-state index in [1.807, 2.05) is 12.1 Å². The van der Waals surface area contributed by atoms with Gasteiger partial charge in [-0.05, 0) is 36.8 Å². The molecule has 0 bridgehead atoms. The molecule has 114 valence electrons. The van der Waals surface area contributed by atoms with E-state index in [9.17, 15) is 9.59 Å². The van der Waals surface area contributed by atoms with Crippen molar-refractivity contribution in [1.82, 2.24) is 0 Å². The van der Waals surface area contributed by atoms with Gasteiger partial charge < -0.3 is 9.84 Å². The zero-order valence-corrected chi connectivity index (χ0v) is 12.7. The van der Waals surface area contributed by atoms with E-state index in [4.69, 9.17) is 21.4 Å². The molecular formula is C17H15ClO4. The number of esters is 1. The summed E-state index contributed by atoms with van der Waals surface area (Å²) in [6, 6.07) is 13.2. The van der Waals surface area contributed by atoms with Gasteiger partial charge in [0.25, 0.3) is 0 Å². The number of carboxylic acid groups (broad SMARTS) is 1. The largest absolute Gasteiger partial charge is 0.478 e. The molecule has 0 aromatic heterocycles. The number of rotatable bonds is 5. The van der Waals surface area contributed by atoms with E-state index in [1.54, 1.807) is 31.2 Å². The summed E-state index contributed by atoms with van der Waals surface area (Å²) in [4.78, 5) is 23.2. The van der Waals surface area contributed by atoms with Gasteiger partial charge in [0.1, 0.15) is 6.10 Å². The number of benzene rings is 2. The molecular weight excluding hydrogens is 304 g/mol. The molecule has 0 saturated heterocycles. The number of hydrogen-bond donors (Lipinski definition) is 1. The summed E-state index contributed by atoms with van der Waals surface area (Å²) in [5.41, 5.74) is 0.973. The van der Waals surface area contributed by atoms with Crippen LogP contribution in [0.15, 0.2) is 48.5 Å². The second kappa shape index (κ2) is 7.09. The lowest BCUT2D eigenvalue weighted by Crippen LogP contribution is -2.19. The lowest BCUT2D eigenvalue weighted by molar-refractivity contribution is 0.0336. The first-order chi connectivity index (χ1) is 10.5. The average Bonchev–Trinajstić information content (AvgIpc) is 2.49. The number of halogens is 1. The van der Waals surface area contributed by atoms with Crippen molar-refractivity contribution < 1.29 is 19.4 Å². The third kappa shape index (κ3) is 4.09. The molecule has 0 aliphatic carbocycles. The standard InChI is InChI=1S/C17H15ClO4/c1-11(10-12-6-8-13(18)9-7-12)22-17(21)15-5-3-2-4-14(15)16(19)20/h2-9,11H,10H2,1H3,(H,19,20)/t11-/m1/s1. The monoisotopic (exact) mass is 318 g/mol. The van der Waals surface area contributed by atoms with Crippen molar-refractivity contribution in [2.24, 2.45) is 0 Å². The lowest BCUT2D eigenvalue weighted by atomic mass is 10.1. The van der Waals surface area contributed by atoms with Crippen LogP contribution in [0, 0.1) is 0 Å². The van der Waals surface area contributed by atoms with Crippen molar-refractivity contribution in [3.63, 3.8) is 0 Å². The van der Waals surface area contributed by atoms with Gasteiger partial charge in [-0.2, -0.15) is 0 Å². The van der Waals surface area contributed by atoms with Gasteiger partial charge in [-0.15, -0.1) is 0 Å². The zero-order valence-electron chi connectivity index (χ0n) is 12.0. The van der Waals surface area contributed by atoms with Crippen molar-refractivity contribution >= 4 is 23.5 Å². The fraction of sp³-hybridized carbons (Fsp3) is 0.176. The Morgan fingerprint density at radius 2 is 1.68 bits per heavy atom. The van der Waals surface area contributed by atoms with E-state index in [1.165, 1.54) is 12.1 Å². The summed E-state index contributed by atoms with van der Waals surface area (Å²) < 4.78 is 5.33. The van der Waals surface area contributed by atoms with Crippen molar-refractivity contribution in [2.45, 2.75) is 19.4 Å². The number of carbonyl (C=O) groups is 2. The normalized spacial score (nSPS) is 11.7. The zero-order chi connectivity index (χ0) is 16.1. The van der Waals surface area contributed by atoms with Crippen molar-refractivity contribution in [3.05, 3.63) is 70.2 Å². The highest BCUT2D eigenvalue weighted by Gasteiger charge is 2.19. The number of carbonyl (C=O) groups excluding carboxylic acids is 1. The Morgan fingerprint density at radius 3 is 2.27 bits per heavy atom. The number of hydrogen-bond acceptors (Lipinski definition) is 3. The summed E-state index contributed by atoms with van der Waals surface area (Å²) in [6.45, 7) is 1.76. The SMILES string of the molecule is C[C@H](Cc1ccc(Cl)cc1)OC(=O)c1ccccc1C(=O)O. The fourth-order valence-electron chi connectivity index (χ4n) is 2.09. The Balaban J connectivity index is 2.05. The topological polar surface area (TPSA) is 63.6 Å². The van der Waals surface area contributed by atoms with Gasteiger partial charge in [-0.25, -0.2) is 9.59 Å². The molecule has 2 aromatic rings. The Morgan fingerprint density at radius 1 is 1.09 bits per heavy atom. The first-order valence-electron chi connectivity index (χ1n) is 6.75. The predicted molar refractivity (Wildman–Crippen MR) is 83.4 cm³/mol. The molecule has 22 heavy (non-hydrogen) atoms. The molecule has 2 aromatic carbocycles. The van der Waals surface area contributed by atoms with E-state index in [-0.39, 0.29) is 17.2 Å². The van der Waals surface area contributed by atoms with Crippen molar-refractivity contribution in [3.8, 4) is 0 Å². The van der Waals surface area contributed by atoms with Gasteiger partial charge in [-0.3, -0.25) is 0 Å². The van der Waals surface area contributed by atoms with Crippen molar-refractivity contribution in [2.75, 3.05) is 0 Å². The first kappa shape index (κ1) is 16.0. The minimum absolute atomic E-state index is 0.0537. The van der Waals surface area contributed by atoms with Gasteiger partial charge in [-0.1, -0.05) is 35.9 Å². The minimum Gasteiger partial charge on any atom is -0.478 e. The smallest absolute Gasteiger partial charge is 0.339 e. The van der Waals surface area contributed by atoms with Crippen LogP contribution in [-0.2, 0) is 11.2 Å². The second-order valence-corrected chi connectivity index (χ2v) is 5.33. The van der Waals surface area contributed by atoms with E-state index >= 15 is 0 Å². The molecule has 0 radical (unpaired) electrons. The van der Waals surface area contributed by atoms with Gasteiger partial charge in [0.05, 0.1) is 11.1 Å². The van der Waals surface area contributed by atoms with Gasteiger partial charge in [0.2, 0.25) is 0 Å². The number of carboxylic acids is 1. The highest BCUT2D eigenvalue weighted by atomic mass is 35.5. The summed E-state index contributed by atoms with van der Waals surface area (Å²) in [7, 11) is 0. The van der Waals surface area contributed by atoms with Crippen LogP contribution in [0.4, 0.5) is 0 Å². The number of aromatic carboxylic acids is 1. The Kier molecular flexibility index (Phi) is 5.17. The van der Waals surface area contributed by atoms with Crippen LogP contribution in [0.3, 0.4) is 0 Å². The third-order valence-corrected chi connectivity index (χ3v) is 3.37. The lowest BCUT2D eigenvalue weighted by Gasteiger charge is -2.14. The molecule has 4 nitrogen and oxygen atoms in total. The van der Waals surface area contributed by atoms with Crippen LogP contribution in [-0.4, -0.2) is 23.1 Å². The summed E-state index contributed by atoms with van der Waals surface area (Å²) >= 11 is 5.82. The summed E-state index contributed by atoms with van der Waals surface area (Å²) in [5, 5.41) is 9.73. The predicted octanol–water partition coefficient (Wildman–Crippen LogP) is 3.83. The van der Waals surface area contributed by atoms with Crippen LogP contribution >= 0.6 is 11.6 Å². The molecule has 2 rings (SSSR count). The van der Waals surface area contributed by atoms with Crippen LogP contribution in [0.5, 0.6) is 0 Å². The molecule has 0 heterocycles. The van der Waals surface area contributed by atoms with Gasteiger partial charge >= 0.3 is 11.9 Å². The van der Waals surface area contributed by atoms with Crippen molar-refractivity contribution in [1.29, 1.82) is 0 Å². The van der Waals surface area contributed by atoms with E-state index < -0.39 is 11.9 Å². The maximum atomic E-state index is 12.1. The molecule has 0 aliphatic rings. The molecule has 0 aliphatic heterocycles. The molecule has 0 unspecified atom stereocenters. The fourth-order valence-corrected chi connectivity index (χ4v) is 2.21. The molecule has 0 fully saturated rings. The molecule has 1 atom stereocenters. The van der Waals surface area contributed by atoms with Crippen LogP contribution in [0.1, 0.15) is 33.2 Å². The quantitative estimate of drug-likeness (QED) is 0.851. The highest BCUT2D eigenvalue weighted by molar-refractivity contribution is 6.30.